The molecule has 1 N–H and O–H groups in total. The zero-order valence-electron chi connectivity index (χ0n) is 13.8. The molecule has 0 atom stereocenters. The second-order valence-electron chi connectivity index (χ2n) is 5.69. The second-order valence-corrected chi connectivity index (χ2v) is 7.37. The van der Waals surface area contributed by atoms with Gasteiger partial charge in [0.25, 0.3) is 10.0 Å². The molecule has 1 saturated heterocycles. The molecule has 0 aliphatic carbocycles. The van der Waals surface area contributed by atoms with Gasteiger partial charge in [0, 0.05) is 33.1 Å². The minimum Gasteiger partial charge on any atom is -0.352 e. The Kier molecular flexibility index (Phi) is 4.84. The van der Waals surface area contributed by atoms with Crippen LogP contribution in [0.4, 0.5) is 11.6 Å². The maximum Gasteiger partial charge on any atom is 0.263 e. The number of anilines is 2. The standard InChI is InChI=1S/C16H19N5O3S/c1-13(22)20-9-11-21(12-10-20)16-8-7-15(17-18-16)19-25(23,24)14-5-3-2-4-6-14/h2-8H,9-12H2,1H3,(H,17,19). The van der Waals surface area contributed by atoms with Crippen LogP contribution in [0.15, 0.2) is 47.4 Å². The first-order valence-corrected chi connectivity index (χ1v) is 9.36. The first kappa shape index (κ1) is 17.2. The van der Waals surface area contributed by atoms with Crippen molar-refractivity contribution in [2.45, 2.75) is 11.8 Å². The summed E-state index contributed by atoms with van der Waals surface area (Å²) in [7, 11) is -3.68. The van der Waals surface area contributed by atoms with E-state index in [4.69, 9.17) is 0 Å². The van der Waals surface area contributed by atoms with Crippen molar-refractivity contribution < 1.29 is 13.2 Å². The summed E-state index contributed by atoms with van der Waals surface area (Å²) in [6, 6.07) is 11.4. The van der Waals surface area contributed by atoms with E-state index in [0.29, 0.717) is 32.0 Å². The fourth-order valence-corrected chi connectivity index (χ4v) is 3.61. The second kappa shape index (κ2) is 7.06. The monoisotopic (exact) mass is 361 g/mol. The van der Waals surface area contributed by atoms with Gasteiger partial charge >= 0.3 is 0 Å². The van der Waals surface area contributed by atoms with E-state index in [2.05, 4.69) is 14.9 Å². The summed E-state index contributed by atoms with van der Waals surface area (Å²) in [4.78, 5) is 15.3. The van der Waals surface area contributed by atoms with Crippen LogP contribution in [0.25, 0.3) is 0 Å². The number of benzene rings is 1. The number of rotatable bonds is 4. The Labute approximate surface area is 146 Å². The van der Waals surface area contributed by atoms with Gasteiger partial charge < -0.3 is 9.80 Å². The van der Waals surface area contributed by atoms with Crippen LogP contribution < -0.4 is 9.62 Å². The number of aromatic nitrogens is 2. The molecule has 0 bridgehead atoms. The highest BCUT2D eigenvalue weighted by Crippen LogP contribution is 2.17. The number of nitrogens with zero attached hydrogens (tertiary/aromatic N) is 4. The Morgan fingerprint density at radius 3 is 2.24 bits per heavy atom. The predicted molar refractivity (Wildman–Crippen MR) is 93.7 cm³/mol. The first-order chi connectivity index (χ1) is 12.0. The van der Waals surface area contributed by atoms with Gasteiger partial charge in [-0.2, -0.15) is 0 Å². The van der Waals surface area contributed by atoms with Crippen molar-refractivity contribution in [3.8, 4) is 0 Å². The lowest BCUT2D eigenvalue weighted by atomic mass is 10.3. The molecule has 0 radical (unpaired) electrons. The smallest absolute Gasteiger partial charge is 0.263 e. The highest BCUT2D eigenvalue weighted by molar-refractivity contribution is 7.92. The van der Waals surface area contributed by atoms with Crippen molar-refractivity contribution in [3.05, 3.63) is 42.5 Å². The zero-order chi connectivity index (χ0) is 17.9. The average Bonchev–Trinajstić information content (AvgIpc) is 2.63. The van der Waals surface area contributed by atoms with Crippen LogP contribution >= 0.6 is 0 Å². The van der Waals surface area contributed by atoms with Gasteiger partial charge in [-0.1, -0.05) is 18.2 Å². The third-order valence-corrected chi connectivity index (χ3v) is 5.36. The Morgan fingerprint density at radius 2 is 1.68 bits per heavy atom. The molecule has 1 aliphatic rings. The van der Waals surface area contributed by atoms with Crippen molar-refractivity contribution in [3.63, 3.8) is 0 Å². The molecule has 0 spiro atoms. The SMILES string of the molecule is CC(=O)N1CCN(c2ccc(NS(=O)(=O)c3ccccc3)nn2)CC1. The number of piperazine rings is 1. The van der Waals surface area contributed by atoms with Crippen LogP contribution in [0.3, 0.4) is 0 Å². The van der Waals surface area contributed by atoms with Crippen LogP contribution in [0, 0.1) is 0 Å². The molecule has 0 unspecified atom stereocenters. The molecule has 1 aromatic carbocycles. The van der Waals surface area contributed by atoms with Crippen molar-refractivity contribution in [1.29, 1.82) is 0 Å². The van der Waals surface area contributed by atoms with Crippen LogP contribution in [0.1, 0.15) is 6.92 Å². The minimum atomic E-state index is -3.68. The Balaban J connectivity index is 1.66. The number of amides is 1. The lowest BCUT2D eigenvalue weighted by molar-refractivity contribution is -0.129. The summed E-state index contributed by atoms with van der Waals surface area (Å²) < 4.78 is 26.9. The molecule has 2 aromatic rings. The highest BCUT2D eigenvalue weighted by atomic mass is 32.2. The number of carbonyl (C=O) groups excluding carboxylic acids is 1. The van der Waals surface area contributed by atoms with E-state index in [0.717, 1.165) is 0 Å². The molecule has 132 valence electrons. The van der Waals surface area contributed by atoms with Gasteiger partial charge in [-0.25, -0.2) is 8.42 Å². The summed E-state index contributed by atoms with van der Waals surface area (Å²) in [5, 5.41) is 8.05. The van der Waals surface area contributed by atoms with Crippen LogP contribution in [0.2, 0.25) is 0 Å². The Bertz CT molecular complexity index is 832. The molecule has 3 rings (SSSR count). The van der Waals surface area contributed by atoms with Gasteiger partial charge in [0.2, 0.25) is 5.91 Å². The Morgan fingerprint density at radius 1 is 1.00 bits per heavy atom. The summed E-state index contributed by atoms with van der Waals surface area (Å²) in [5.74, 6) is 0.886. The van der Waals surface area contributed by atoms with Gasteiger partial charge in [-0.3, -0.25) is 9.52 Å². The molecule has 0 saturated carbocycles. The first-order valence-electron chi connectivity index (χ1n) is 7.88. The van der Waals surface area contributed by atoms with E-state index < -0.39 is 10.0 Å². The molecule has 8 nitrogen and oxygen atoms in total. The average molecular weight is 361 g/mol. The summed E-state index contributed by atoms with van der Waals surface area (Å²) >= 11 is 0. The molecule has 1 amide bonds. The lowest BCUT2D eigenvalue weighted by Crippen LogP contribution is -2.48. The highest BCUT2D eigenvalue weighted by Gasteiger charge is 2.20. The molecular weight excluding hydrogens is 342 g/mol. The van der Waals surface area contributed by atoms with Crippen molar-refractivity contribution in [1.82, 2.24) is 15.1 Å². The van der Waals surface area contributed by atoms with Gasteiger partial charge in [0.05, 0.1) is 4.90 Å². The van der Waals surface area contributed by atoms with Crippen molar-refractivity contribution in [2.24, 2.45) is 0 Å². The van der Waals surface area contributed by atoms with Gasteiger partial charge in [0.15, 0.2) is 11.6 Å². The quantitative estimate of drug-likeness (QED) is 0.871. The molecular formula is C16H19N5O3S. The van der Waals surface area contributed by atoms with Crippen LogP contribution in [0.5, 0.6) is 0 Å². The van der Waals surface area contributed by atoms with E-state index in [1.165, 1.54) is 12.1 Å². The van der Waals surface area contributed by atoms with E-state index in [-0.39, 0.29) is 16.6 Å². The normalized spacial score (nSPS) is 15.1. The topological polar surface area (TPSA) is 95.5 Å². The van der Waals surface area contributed by atoms with Crippen LogP contribution in [-0.4, -0.2) is 55.6 Å². The molecule has 9 heteroatoms. The molecule has 1 aromatic heterocycles. The summed E-state index contributed by atoms with van der Waals surface area (Å²) in [6.45, 7) is 4.18. The summed E-state index contributed by atoms with van der Waals surface area (Å²) in [5.41, 5.74) is 0. The largest absolute Gasteiger partial charge is 0.352 e. The number of hydrogen-bond acceptors (Lipinski definition) is 6. The van der Waals surface area contributed by atoms with E-state index >= 15 is 0 Å². The number of sulfonamides is 1. The number of hydrogen-bond donors (Lipinski definition) is 1. The van der Waals surface area contributed by atoms with E-state index in [1.54, 1.807) is 42.2 Å². The molecule has 25 heavy (non-hydrogen) atoms. The lowest BCUT2D eigenvalue weighted by Gasteiger charge is -2.34. The minimum absolute atomic E-state index is 0.0661. The van der Waals surface area contributed by atoms with Gasteiger partial charge in [-0.15, -0.1) is 10.2 Å². The molecule has 1 aliphatic heterocycles. The Hall–Kier alpha value is -2.68. The number of carbonyl (C=O) groups is 1. The van der Waals surface area contributed by atoms with Crippen molar-refractivity contribution in [2.75, 3.05) is 35.8 Å². The third-order valence-electron chi connectivity index (χ3n) is 3.99. The van der Waals surface area contributed by atoms with E-state index in [1.807, 2.05) is 4.90 Å². The van der Waals surface area contributed by atoms with Gasteiger partial charge in [-0.05, 0) is 24.3 Å². The van der Waals surface area contributed by atoms with E-state index in [9.17, 15) is 13.2 Å². The van der Waals surface area contributed by atoms with Crippen LogP contribution in [-0.2, 0) is 14.8 Å². The molecule has 1 fully saturated rings. The summed E-state index contributed by atoms with van der Waals surface area (Å²) in [6.07, 6.45) is 0. The maximum absolute atomic E-state index is 12.3. The van der Waals surface area contributed by atoms with Crippen molar-refractivity contribution >= 4 is 27.6 Å². The predicted octanol–water partition coefficient (Wildman–Crippen LogP) is 0.946. The fraction of sp³-hybridized carbons (Fsp3) is 0.312. The maximum atomic E-state index is 12.3. The zero-order valence-corrected chi connectivity index (χ0v) is 14.6. The molecule has 2 heterocycles. The van der Waals surface area contributed by atoms with Gasteiger partial charge in [0.1, 0.15) is 0 Å². The number of nitrogens with one attached hydrogen (secondary N) is 1. The fourth-order valence-electron chi connectivity index (χ4n) is 2.60. The third kappa shape index (κ3) is 4.05.